The second-order valence-corrected chi connectivity index (χ2v) is 11.1. The van der Waals surface area contributed by atoms with E-state index >= 15 is 0 Å². The van der Waals surface area contributed by atoms with Crippen LogP contribution in [0.2, 0.25) is 0 Å². The Balaban J connectivity index is 0.00000289. The van der Waals surface area contributed by atoms with Crippen molar-refractivity contribution in [3.63, 3.8) is 0 Å². The summed E-state index contributed by atoms with van der Waals surface area (Å²) in [6.07, 6.45) is 8.41. The van der Waals surface area contributed by atoms with E-state index in [4.69, 9.17) is 9.84 Å². The van der Waals surface area contributed by atoms with Crippen LogP contribution < -0.4 is 59.1 Å². The zero-order valence-corrected chi connectivity index (χ0v) is 24.9. The molecule has 0 saturated heterocycles. The third kappa shape index (κ3) is 5.67. The first-order valence-electron chi connectivity index (χ1n) is 12.1. The average molecular weight is 481 g/mol. The van der Waals surface area contributed by atoms with Crippen LogP contribution in [0, 0.1) is 40.4 Å². The molecule has 7 atom stereocenters. The molecule has 0 aliphatic heterocycles. The molecule has 0 aromatic heterocycles. The number of ether oxygens (including phenoxy) is 1. The number of carboxylic acid groups (broad SMARTS) is 1. The van der Waals surface area contributed by atoms with Crippen molar-refractivity contribution in [2.24, 2.45) is 40.4 Å². The van der Waals surface area contributed by atoms with Crippen molar-refractivity contribution in [1.82, 2.24) is 0 Å². The van der Waals surface area contributed by atoms with Crippen molar-refractivity contribution in [2.45, 2.75) is 84.5 Å². The number of carboxylic acids is 1. The number of hydrogen-bond acceptors (Lipinski definition) is 5. The van der Waals surface area contributed by atoms with E-state index in [1.165, 1.54) is 6.42 Å². The molecule has 4 aliphatic rings. The molecule has 1 N–H and O–H groups in total. The number of carbonyl (C=O) groups excluding carboxylic acids is 3. The summed E-state index contributed by atoms with van der Waals surface area (Å²) in [6, 6.07) is 0. The van der Waals surface area contributed by atoms with Gasteiger partial charge < -0.3 is 12.7 Å². The SMILES string of the molecule is C[C@]12CCC(=O)C[C@H]1CC[C@@H]1[C@@H]2CC[C@]2(C)[C@@H](C(=O)COC(=O)CCC(=O)O)CC[C@@H]12.[H-].[H-].[Na+].[Na+]. The first kappa shape index (κ1) is 29.5. The van der Waals surface area contributed by atoms with Crippen LogP contribution in [0.15, 0.2) is 0 Å². The van der Waals surface area contributed by atoms with Crippen LogP contribution in [0.5, 0.6) is 0 Å². The fourth-order valence-corrected chi connectivity index (χ4v) is 8.11. The monoisotopic (exact) mass is 480 g/mol. The minimum Gasteiger partial charge on any atom is -1.00 e. The van der Waals surface area contributed by atoms with Crippen molar-refractivity contribution in [3.8, 4) is 0 Å². The van der Waals surface area contributed by atoms with Crippen molar-refractivity contribution in [1.29, 1.82) is 0 Å². The van der Waals surface area contributed by atoms with Crippen molar-refractivity contribution in [2.75, 3.05) is 6.61 Å². The molecule has 4 rings (SSSR count). The molecule has 0 amide bonds. The largest absolute Gasteiger partial charge is 1.00 e. The molecule has 0 radical (unpaired) electrons. The van der Waals surface area contributed by atoms with E-state index in [0.29, 0.717) is 29.5 Å². The number of Topliss-reactive ketones (excluding diaryl/α,β-unsaturated/α-hetero) is 2. The predicted octanol–water partition coefficient (Wildman–Crippen LogP) is -1.58. The second-order valence-electron chi connectivity index (χ2n) is 11.1. The number of esters is 1. The number of rotatable bonds is 6. The van der Waals surface area contributed by atoms with Gasteiger partial charge >= 0.3 is 71.1 Å². The first-order chi connectivity index (χ1) is 14.6. The molecule has 33 heavy (non-hydrogen) atoms. The van der Waals surface area contributed by atoms with Gasteiger partial charge in [-0.15, -0.1) is 0 Å². The van der Waals surface area contributed by atoms with Crippen LogP contribution in [-0.4, -0.2) is 35.2 Å². The molecule has 4 aliphatic carbocycles. The van der Waals surface area contributed by atoms with Crippen LogP contribution in [-0.2, 0) is 23.9 Å². The molecule has 0 aromatic rings. The summed E-state index contributed by atoms with van der Waals surface area (Å²) >= 11 is 0. The summed E-state index contributed by atoms with van der Waals surface area (Å²) < 4.78 is 5.11. The molecular weight excluding hydrogens is 442 g/mol. The summed E-state index contributed by atoms with van der Waals surface area (Å²) in [5, 5.41) is 8.68. The molecule has 4 saturated carbocycles. The van der Waals surface area contributed by atoms with Gasteiger partial charge in [0, 0.05) is 18.8 Å². The van der Waals surface area contributed by atoms with Gasteiger partial charge in [-0.25, -0.2) is 0 Å². The van der Waals surface area contributed by atoms with Crippen LogP contribution in [0.1, 0.15) is 87.3 Å². The predicted molar refractivity (Wildman–Crippen MR) is 115 cm³/mol. The fourth-order valence-electron chi connectivity index (χ4n) is 8.11. The quantitative estimate of drug-likeness (QED) is 0.364. The Morgan fingerprint density at radius 1 is 0.970 bits per heavy atom. The third-order valence-electron chi connectivity index (χ3n) is 9.79. The van der Waals surface area contributed by atoms with E-state index in [1.807, 2.05) is 0 Å². The molecule has 6 nitrogen and oxygen atoms in total. The van der Waals surface area contributed by atoms with E-state index < -0.39 is 11.9 Å². The zero-order chi connectivity index (χ0) is 22.4. The van der Waals surface area contributed by atoms with Gasteiger partial charge in [0.1, 0.15) is 12.4 Å². The average Bonchev–Trinajstić information content (AvgIpc) is 3.08. The second kappa shape index (κ2) is 11.6. The standard InChI is InChI=1S/C25H36O6.2Na.2H/c1-24-11-9-16(26)13-15(24)3-4-17-18-5-6-20(25(18,2)12-10-19(17)24)21(27)14-31-23(30)8-7-22(28)29;;;;/h15,17-20H,3-14H2,1-2H3,(H,28,29);;;;/q;2*+1;2*-1/t15-,17+,18+,19+,20-,24+,25+;;;;/m1..../s1. The Morgan fingerprint density at radius 3 is 2.36 bits per heavy atom. The molecule has 0 unspecified atom stereocenters. The van der Waals surface area contributed by atoms with Crippen molar-refractivity contribution < 1.29 is 91.0 Å². The van der Waals surface area contributed by atoms with E-state index in [-0.39, 0.29) is 104 Å². The zero-order valence-electron chi connectivity index (χ0n) is 22.9. The molecule has 0 bridgehead atoms. The maximum atomic E-state index is 13.0. The third-order valence-corrected chi connectivity index (χ3v) is 9.79. The van der Waals surface area contributed by atoms with Crippen LogP contribution in [0.25, 0.3) is 0 Å². The molecule has 8 heteroatoms. The fraction of sp³-hybridized carbons (Fsp3) is 0.840. The summed E-state index contributed by atoms with van der Waals surface area (Å²) in [7, 11) is 0. The van der Waals surface area contributed by atoms with Gasteiger partial charge in [0.2, 0.25) is 0 Å². The van der Waals surface area contributed by atoms with E-state index in [0.717, 1.165) is 51.4 Å². The molecule has 0 spiro atoms. The topological polar surface area (TPSA) is 97.7 Å². The minimum atomic E-state index is -1.04. The number of carbonyl (C=O) groups is 4. The van der Waals surface area contributed by atoms with Gasteiger partial charge in [0.05, 0.1) is 12.8 Å². The summed E-state index contributed by atoms with van der Waals surface area (Å²) in [5.41, 5.74) is 0.222. The van der Waals surface area contributed by atoms with Crippen molar-refractivity contribution in [3.05, 3.63) is 0 Å². The molecule has 0 heterocycles. The van der Waals surface area contributed by atoms with Crippen molar-refractivity contribution >= 4 is 23.5 Å². The molecular formula is C25H38Na2O6. The Labute approximate surface area is 244 Å². The van der Waals surface area contributed by atoms with E-state index in [1.54, 1.807) is 0 Å². The van der Waals surface area contributed by atoms with Crippen LogP contribution in [0.4, 0.5) is 0 Å². The van der Waals surface area contributed by atoms with Gasteiger partial charge in [-0.3, -0.25) is 19.2 Å². The van der Waals surface area contributed by atoms with E-state index in [2.05, 4.69) is 13.8 Å². The van der Waals surface area contributed by atoms with Crippen LogP contribution in [0.3, 0.4) is 0 Å². The van der Waals surface area contributed by atoms with Gasteiger partial charge in [-0.05, 0) is 79.4 Å². The van der Waals surface area contributed by atoms with Crippen LogP contribution >= 0.6 is 0 Å². The van der Waals surface area contributed by atoms with Gasteiger partial charge in [0.15, 0.2) is 5.78 Å². The Kier molecular flexibility index (Phi) is 10.3. The maximum absolute atomic E-state index is 13.0. The Bertz CT molecular complexity index is 796. The number of ketones is 2. The van der Waals surface area contributed by atoms with E-state index in [9.17, 15) is 19.2 Å². The Hall–Kier alpha value is 0.280. The molecule has 176 valence electrons. The minimum absolute atomic E-state index is 0. The molecule has 0 aromatic carbocycles. The first-order valence-corrected chi connectivity index (χ1v) is 12.1. The number of hydrogen-bond donors (Lipinski definition) is 1. The van der Waals surface area contributed by atoms with Gasteiger partial charge in [0.25, 0.3) is 0 Å². The summed E-state index contributed by atoms with van der Waals surface area (Å²) in [5.74, 6) is 1.03. The van der Waals surface area contributed by atoms with Gasteiger partial charge in [-0.2, -0.15) is 0 Å². The summed E-state index contributed by atoms with van der Waals surface area (Å²) in [4.78, 5) is 47.4. The summed E-state index contributed by atoms with van der Waals surface area (Å²) in [6.45, 7) is 4.47. The number of aliphatic carboxylic acids is 1. The normalized spacial score (nSPS) is 39.1. The number of fused-ring (bicyclic) bond motifs is 5. The maximum Gasteiger partial charge on any atom is 1.00 e. The smallest absolute Gasteiger partial charge is 1.00 e. The molecule has 4 fully saturated rings. The van der Waals surface area contributed by atoms with Gasteiger partial charge in [-0.1, -0.05) is 13.8 Å². The Morgan fingerprint density at radius 2 is 1.67 bits per heavy atom.